The maximum Gasteiger partial charge on any atom is 0.296 e. The number of hydrogen-bond acceptors (Lipinski definition) is 5. The van der Waals surface area contributed by atoms with E-state index in [-0.39, 0.29) is 29.6 Å². The summed E-state index contributed by atoms with van der Waals surface area (Å²) in [6.45, 7) is 0.634. The van der Waals surface area contributed by atoms with Crippen LogP contribution in [-0.2, 0) is 9.53 Å². The standard InChI is InChI=1S/C13H16N2O5/c16-11-6-3-5-10(15(18)19)13(11)14-12(17)8-9-4-1-2-7-20-9/h3,5-6,9,16H,1-2,4,7-8H2,(H,14,17). The first-order valence-corrected chi connectivity index (χ1v) is 6.45. The van der Waals surface area contributed by atoms with Crippen molar-refractivity contribution in [2.45, 2.75) is 31.8 Å². The highest BCUT2D eigenvalue weighted by atomic mass is 16.6. The zero-order valence-corrected chi connectivity index (χ0v) is 10.9. The minimum absolute atomic E-state index is 0.130. The molecular formula is C13H16N2O5. The van der Waals surface area contributed by atoms with Gasteiger partial charge in [0, 0.05) is 12.7 Å². The van der Waals surface area contributed by atoms with Gasteiger partial charge in [0.25, 0.3) is 5.69 Å². The van der Waals surface area contributed by atoms with Crippen molar-refractivity contribution in [3.63, 3.8) is 0 Å². The molecular weight excluding hydrogens is 264 g/mol. The van der Waals surface area contributed by atoms with Crippen LogP contribution in [0.5, 0.6) is 5.75 Å². The summed E-state index contributed by atoms with van der Waals surface area (Å²) in [6, 6.07) is 3.87. The number of aromatic hydroxyl groups is 1. The van der Waals surface area contributed by atoms with E-state index in [1.165, 1.54) is 18.2 Å². The minimum atomic E-state index is -0.646. The van der Waals surface area contributed by atoms with Gasteiger partial charge in [0.2, 0.25) is 5.91 Å². The third kappa shape index (κ3) is 3.45. The monoisotopic (exact) mass is 280 g/mol. The Bertz CT molecular complexity index is 511. The van der Waals surface area contributed by atoms with Gasteiger partial charge in [-0.25, -0.2) is 0 Å². The summed E-state index contributed by atoms with van der Waals surface area (Å²) in [6.07, 6.45) is 2.77. The number of nitro groups is 1. The fourth-order valence-electron chi connectivity index (χ4n) is 2.17. The Morgan fingerprint density at radius 3 is 2.95 bits per heavy atom. The Labute approximate surface area is 115 Å². The van der Waals surface area contributed by atoms with Crippen LogP contribution < -0.4 is 5.32 Å². The summed E-state index contributed by atoms with van der Waals surface area (Å²) in [5, 5.41) is 22.9. The molecule has 1 saturated heterocycles. The number of carbonyl (C=O) groups is 1. The maximum absolute atomic E-state index is 11.9. The molecule has 1 aromatic rings. The molecule has 1 amide bonds. The minimum Gasteiger partial charge on any atom is -0.505 e. The first kappa shape index (κ1) is 14.3. The van der Waals surface area contributed by atoms with Crippen molar-refractivity contribution in [3.8, 4) is 5.75 Å². The van der Waals surface area contributed by atoms with Crippen molar-refractivity contribution in [3.05, 3.63) is 28.3 Å². The second kappa shape index (κ2) is 6.33. The number of hydrogen-bond donors (Lipinski definition) is 2. The van der Waals surface area contributed by atoms with Gasteiger partial charge in [-0.05, 0) is 25.3 Å². The quantitative estimate of drug-likeness (QED) is 0.500. The van der Waals surface area contributed by atoms with Gasteiger partial charge >= 0.3 is 0 Å². The fourth-order valence-corrected chi connectivity index (χ4v) is 2.17. The zero-order valence-electron chi connectivity index (χ0n) is 10.9. The summed E-state index contributed by atoms with van der Waals surface area (Å²) in [7, 11) is 0. The van der Waals surface area contributed by atoms with E-state index in [9.17, 15) is 20.0 Å². The van der Waals surface area contributed by atoms with Crippen LogP contribution in [0.4, 0.5) is 11.4 Å². The van der Waals surface area contributed by atoms with Crippen LogP contribution in [0.1, 0.15) is 25.7 Å². The normalized spacial score (nSPS) is 18.5. The van der Waals surface area contributed by atoms with Gasteiger partial charge in [0.15, 0.2) is 5.69 Å². The predicted octanol–water partition coefficient (Wildman–Crippen LogP) is 2.20. The highest BCUT2D eigenvalue weighted by molar-refractivity contribution is 5.95. The Balaban J connectivity index is 2.05. The molecule has 0 spiro atoms. The van der Waals surface area contributed by atoms with Gasteiger partial charge < -0.3 is 15.2 Å². The number of amides is 1. The van der Waals surface area contributed by atoms with Crippen molar-refractivity contribution < 1.29 is 19.6 Å². The third-order valence-electron chi connectivity index (χ3n) is 3.17. The van der Waals surface area contributed by atoms with Crippen LogP contribution in [0, 0.1) is 10.1 Å². The van der Waals surface area contributed by atoms with E-state index in [1.807, 2.05) is 0 Å². The maximum atomic E-state index is 11.9. The van der Waals surface area contributed by atoms with Crippen LogP contribution in [0.25, 0.3) is 0 Å². The van der Waals surface area contributed by atoms with Crippen LogP contribution in [0.3, 0.4) is 0 Å². The lowest BCUT2D eigenvalue weighted by atomic mass is 10.1. The van der Waals surface area contributed by atoms with Gasteiger partial charge in [-0.1, -0.05) is 6.07 Å². The fraction of sp³-hybridized carbons (Fsp3) is 0.462. The first-order valence-electron chi connectivity index (χ1n) is 6.45. The average Bonchev–Trinajstić information content (AvgIpc) is 2.42. The molecule has 1 heterocycles. The zero-order chi connectivity index (χ0) is 14.5. The second-order valence-corrected chi connectivity index (χ2v) is 4.67. The van der Waals surface area contributed by atoms with Crippen molar-refractivity contribution in [1.29, 1.82) is 0 Å². The molecule has 1 atom stereocenters. The van der Waals surface area contributed by atoms with Crippen LogP contribution in [0.15, 0.2) is 18.2 Å². The number of para-hydroxylation sites is 1. The van der Waals surface area contributed by atoms with Crippen LogP contribution >= 0.6 is 0 Å². The Kier molecular flexibility index (Phi) is 4.52. The Morgan fingerprint density at radius 1 is 1.50 bits per heavy atom. The van der Waals surface area contributed by atoms with Gasteiger partial charge in [0.05, 0.1) is 17.4 Å². The van der Waals surface area contributed by atoms with Gasteiger partial charge in [-0.15, -0.1) is 0 Å². The number of nitrogens with one attached hydrogen (secondary N) is 1. The molecule has 0 bridgehead atoms. The topological polar surface area (TPSA) is 102 Å². The third-order valence-corrected chi connectivity index (χ3v) is 3.17. The number of phenols is 1. The van der Waals surface area contributed by atoms with Gasteiger partial charge in [-0.2, -0.15) is 0 Å². The van der Waals surface area contributed by atoms with Crippen molar-refractivity contribution in [2.24, 2.45) is 0 Å². The number of nitro benzene ring substituents is 1. The lowest BCUT2D eigenvalue weighted by molar-refractivity contribution is -0.384. The van der Waals surface area contributed by atoms with E-state index in [1.54, 1.807) is 0 Å². The predicted molar refractivity (Wildman–Crippen MR) is 71.6 cm³/mol. The molecule has 0 saturated carbocycles. The molecule has 2 N–H and O–H groups in total. The van der Waals surface area contributed by atoms with E-state index in [4.69, 9.17) is 4.74 Å². The molecule has 1 aliphatic heterocycles. The van der Waals surface area contributed by atoms with E-state index in [0.717, 1.165) is 19.3 Å². The largest absolute Gasteiger partial charge is 0.505 e. The summed E-state index contributed by atoms with van der Waals surface area (Å²) in [4.78, 5) is 22.1. The van der Waals surface area contributed by atoms with E-state index in [2.05, 4.69) is 5.32 Å². The van der Waals surface area contributed by atoms with Gasteiger partial charge in [-0.3, -0.25) is 14.9 Å². The molecule has 1 aromatic carbocycles. The number of nitrogens with zero attached hydrogens (tertiary/aromatic N) is 1. The molecule has 108 valence electrons. The van der Waals surface area contributed by atoms with E-state index in [0.29, 0.717) is 6.61 Å². The Hall–Kier alpha value is -2.15. The number of carbonyl (C=O) groups excluding carboxylic acids is 1. The summed E-state index contributed by atoms with van der Waals surface area (Å²) in [5.41, 5.74) is -0.499. The number of phenolic OH excluding ortho intramolecular Hbond substituents is 1. The van der Waals surface area contributed by atoms with Crippen molar-refractivity contribution >= 4 is 17.3 Å². The molecule has 0 radical (unpaired) electrons. The lowest BCUT2D eigenvalue weighted by Gasteiger charge is -2.21. The summed E-state index contributed by atoms with van der Waals surface area (Å²) in [5.74, 6) is -0.724. The van der Waals surface area contributed by atoms with Crippen molar-refractivity contribution in [2.75, 3.05) is 11.9 Å². The molecule has 1 fully saturated rings. The summed E-state index contributed by atoms with van der Waals surface area (Å²) >= 11 is 0. The number of benzene rings is 1. The number of ether oxygens (including phenoxy) is 1. The second-order valence-electron chi connectivity index (χ2n) is 4.67. The molecule has 1 unspecified atom stereocenters. The highest BCUT2D eigenvalue weighted by Gasteiger charge is 2.22. The molecule has 7 nitrogen and oxygen atoms in total. The molecule has 2 rings (SSSR count). The van der Waals surface area contributed by atoms with Crippen molar-refractivity contribution in [1.82, 2.24) is 0 Å². The van der Waals surface area contributed by atoms with Crippen LogP contribution in [0.2, 0.25) is 0 Å². The molecule has 0 aromatic heterocycles. The number of anilines is 1. The molecule has 7 heteroatoms. The first-order chi connectivity index (χ1) is 9.58. The average molecular weight is 280 g/mol. The smallest absolute Gasteiger partial charge is 0.296 e. The Morgan fingerprint density at radius 2 is 2.30 bits per heavy atom. The number of rotatable bonds is 4. The van der Waals surface area contributed by atoms with Crippen LogP contribution in [-0.4, -0.2) is 28.6 Å². The SMILES string of the molecule is O=C(CC1CCCCO1)Nc1c(O)cccc1[N+](=O)[O-]. The van der Waals surface area contributed by atoms with E-state index >= 15 is 0 Å². The molecule has 20 heavy (non-hydrogen) atoms. The highest BCUT2D eigenvalue weighted by Crippen LogP contribution is 2.33. The lowest BCUT2D eigenvalue weighted by Crippen LogP contribution is -2.25. The van der Waals surface area contributed by atoms with Gasteiger partial charge in [0.1, 0.15) is 5.75 Å². The molecule has 0 aliphatic carbocycles. The molecule has 1 aliphatic rings. The summed E-state index contributed by atoms with van der Waals surface area (Å²) < 4.78 is 5.44. The van der Waals surface area contributed by atoms with E-state index < -0.39 is 10.8 Å².